The van der Waals surface area contributed by atoms with Crippen molar-refractivity contribution in [3.05, 3.63) is 0 Å². The second-order valence-corrected chi connectivity index (χ2v) is 10.9. The lowest BCUT2D eigenvalue weighted by Crippen LogP contribution is -2.47. The number of alkyl halides is 3. The molecule has 1 atom stereocenters. The molecule has 0 amide bonds. The fourth-order valence-corrected chi connectivity index (χ4v) is 5.50. The van der Waals surface area contributed by atoms with E-state index in [2.05, 4.69) is 22.5 Å². The van der Waals surface area contributed by atoms with Crippen LogP contribution >= 0.6 is 11.8 Å². The molecule has 0 aromatic heterocycles. The molecule has 11 heteroatoms. The maximum atomic E-state index is 12.6. The molecule has 2 aliphatic heterocycles. The van der Waals surface area contributed by atoms with Crippen LogP contribution in [0.25, 0.3) is 0 Å². The summed E-state index contributed by atoms with van der Waals surface area (Å²) < 4.78 is 61.5. The Bertz CT molecular complexity index is 612. The van der Waals surface area contributed by atoms with Crippen LogP contribution in [0.15, 0.2) is 4.99 Å². The molecule has 158 valence electrons. The molecule has 2 saturated heterocycles. The summed E-state index contributed by atoms with van der Waals surface area (Å²) in [6.45, 7) is 5.99. The van der Waals surface area contributed by atoms with Crippen molar-refractivity contribution in [2.75, 3.05) is 38.5 Å². The van der Waals surface area contributed by atoms with Gasteiger partial charge in [-0.3, -0.25) is 4.99 Å². The van der Waals surface area contributed by atoms with E-state index in [4.69, 9.17) is 0 Å². The van der Waals surface area contributed by atoms with Crippen molar-refractivity contribution in [3.8, 4) is 0 Å². The lowest BCUT2D eigenvalue weighted by molar-refractivity contribution is -0.0496. The third-order valence-corrected chi connectivity index (χ3v) is 8.13. The summed E-state index contributed by atoms with van der Waals surface area (Å²) in [6, 6.07) is 0. The monoisotopic (exact) mass is 430 g/mol. The molecule has 2 N–H and O–H groups in total. The first-order chi connectivity index (χ1) is 12.6. The van der Waals surface area contributed by atoms with E-state index < -0.39 is 15.5 Å². The Balaban J connectivity index is 1.83. The molecule has 2 aliphatic rings. The Kier molecular flexibility index (Phi) is 7.71. The third kappa shape index (κ3) is 6.15. The highest BCUT2D eigenvalue weighted by Gasteiger charge is 2.50. The van der Waals surface area contributed by atoms with Crippen molar-refractivity contribution in [1.29, 1.82) is 0 Å². The molecule has 2 fully saturated rings. The van der Waals surface area contributed by atoms with Gasteiger partial charge in [0.25, 0.3) is 0 Å². The van der Waals surface area contributed by atoms with Crippen LogP contribution in [0.1, 0.15) is 39.5 Å². The first-order valence-electron chi connectivity index (χ1n) is 9.30. The van der Waals surface area contributed by atoms with Gasteiger partial charge in [-0.15, -0.1) is 0 Å². The van der Waals surface area contributed by atoms with Crippen molar-refractivity contribution in [2.24, 2.45) is 10.9 Å². The van der Waals surface area contributed by atoms with E-state index in [1.165, 1.54) is 6.42 Å². The van der Waals surface area contributed by atoms with Crippen molar-refractivity contribution in [3.63, 3.8) is 0 Å². The number of rotatable bonds is 6. The van der Waals surface area contributed by atoms with Crippen LogP contribution in [0.3, 0.4) is 0 Å². The molecule has 0 bridgehead atoms. The second-order valence-electron chi connectivity index (χ2n) is 7.27. The van der Waals surface area contributed by atoms with Gasteiger partial charge in [0.2, 0.25) is 0 Å². The van der Waals surface area contributed by atoms with Crippen LogP contribution < -0.4 is 10.6 Å². The Morgan fingerprint density at radius 1 is 1.30 bits per heavy atom. The highest BCUT2D eigenvalue weighted by molar-refractivity contribution is 8.00. The molecule has 0 aromatic carbocycles. The largest absolute Gasteiger partial charge is 0.511 e. The fraction of sp³-hybridized carbons (Fsp3) is 0.938. The van der Waals surface area contributed by atoms with Crippen LogP contribution in [0.2, 0.25) is 0 Å². The molecule has 6 nitrogen and oxygen atoms in total. The highest BCUT2D eigenvalue weighted by atomic mass is 32.2. The number of halogens is 3. The summed E-state index contributed by atoms with van der Waals surface area (Å²) in [7, 11) is -5.21. The molecule has 0 aliphatic carbocycles. The maximum Gasteiger partial charge on any atom is 0.511 e. The van der Waals surface area contributed by atoms with Gasteiger partial charge in [0.15, 0.2) is 5.96 Å². The fourth-order valence-electron chi connectivity index (χ4n) is 3.29. The van der Waals surface area contributed by atoms with Crippen molar-refractivity contribution >= 4 is 27.7 Å². The molecule has 0 spiro atoms. The average Bonchev–Trinajstić information content (AvgIpc) is 3.04. The zero-order valence-corrected chi connectivity index (χ0v) is 17.4. The van der Waals surface area contributed by atoms with Gasteiger partial charge in [-0.05, 0) is 51.2 Å². The molecular weight excluding hydrogens is 401 g/mol. The number of piperidine rings is 1. The molecule has 2 heterocycles. The molecule has 27 heavy (non-hydrogen) atoms. The molecule has 1 unspecified atom stereocenters. The first kappa shape index (κ1) is 22.6. The lowest BCUT2D eigenvalue weighted by atomic mass is 9.98. The number of nitrogens with one attached hydrogen (secondary N) is 2. The summed E-state index contributed by atoms with van der Waals surface area (Å²) >= 11 is 1.94. The van der Waals surface area contributed by atoms with Crippen molar-refractivity contribution in [1.82, 2.24) is 14.9 Å². The number of hydrogen-bond acceptors (Lipinski definition) is 4. The third-order valence-electron chi connectivity index (χ3n) is 4.98. The number of thioether (sulfide) groups is 1. The summed E-state index contributed by atoms with van der Waals surface area (Å²) in [5.74, 6) is 1.98. The zero-order chi connectivity index (χ0) is 20.1. The van der Waals surface area contributed by atoms with Gasteiger partial charge in [-0.2, -0.15) is 29.2 Å². The number of sulfonamides is 1. The van der Waals surface area contributed by atoms with Gasteiger partial charge in [-0.25, -0.2) is 8.42 Å². The Hall–Kier alpha value is -0.680. The van der Waals surface area contributed by atoms with E-state index in [9.17, 15) is 21.6 Å². The Morgan fingerprint density at radius 2 is 1.96 bits per heavy atom. The van der Waals surface area contributed by atoms with Crippen LogP contribution in [0, 0.1) is 5.92 Å². The SMILES string of the molecule is CCNC(=NCC1(C)CCCS1)NCC1CCN(S(=O)(=O)C(F)(F)F)CC1. The molecule has 0 saturated carbocycles. The van der Waals surface area contributed by atoms with Crippen LogP contribution in [-0.2, 0) is 10.0 Å². The Morgan fingerprint density at radius 3 is 2.48 bits per heavy atom. The predicted octanol–water partition coefficient (Wildman–Crippen LogP) is 2.39. The maximum absolute atomic E-state index is 12.6. The minimum absolute atomic E-state index is 0.101. The standard InChI is InChI=1S/C16H29F3N4O2S2/c1-3-20-14(22-12-15(2)7-4-10-26-15)21-11-13-5-8-23(9-6-13)27(24,25)16(17,18)19/h13H,3-12H2,1-2H3,(H2,20,21,22). The number of nitrogens with zero attached hydrogens (tertiary/aromatic N) is 2. The van der Waals surface area contributed by atoms with Gasteiger partial charge in [0.05, 0.1) is 6.54 Å². The van der Waals surface area contributed by atoms with E-state index in [1.807, 2.05) is 18.7 Å². The van der Waals surface area contributed by atoms with Gasteiger partial charge in [-0.1, -0.05) is 0 Å². The molecule has 2 rings (SSSR count). The normalized spacial score (nSPS) is 26.3. The van der Waals surface area contributed by atoms with Gasteiger partial charge < -0.3 is 10.6 Å². The van der Waals surface area contributed by atoms with Crippen LogP contribution in [0.4, 0.5) is 13.2 Å². The van der Waals surface area contributed by atoms with Crippen LogP contribution in [0.5, 0.6) is 0 Å². The van der Waals surface area contributed by atoms with Gasteiger partial charge in [0.1, 0.15) is 0 Å². The predicted molar refractivity (Wildman–Crippen MR) is 103 cm³/mol. The minimum atomic E-state index is -5.22. The average molecular weight is 431 g/mol. The van der Waals surface area contributed by atoms with E-state index in [0.717, 1.165) is 25.3 Å². The summed E-state index contributed by atoms with van der Waals surface area (Å²) in [5, 5.41) is 6.45. The van der Waals surface area contributed by atoms with Crippen molar-refractivity contribution < 1.29 is 21.6 Å². The van der Waals surface area contributed by atoms with Gasteiger partial charge >= 0.3 is 15.5 Å². The Labute approximate surface area is 163 Å². The molecule has 0 aromatic rings. The number of hydrogen-bond donors (Lipinski definition) is 2. The first-order valence-corrected chi connectivity index (χ1v) is 11.7. The highest BCUT2D eigenvalue weighted by Crippen LogP contribution is 2.37. The van der Waals surface area contributed by atoms with Crippen LogP contribution in [-0.4, -0.2) is 67.4 Å². The van der Waals surface area contributed by atoms with E-state index in [-0.39, 0.29) is 23.8 Å². The zero-order valence-electron chi connectivity index (χ0n) is 15.8. The number of guanidine groups is 1. The van der Waals surface area contributed by atoms with Gasteiger partial charge in [0, 0.05) is 30.9 Å². The molecule has 0 radical (unpaired) electrons. The second kappa shape index (κ2) is 9.21. The minimum Gasteiger partial charge on any atom is -0.357 e. The lowest BCUT2D eigenvalue weighted by Gasteiger charge is -2.31. The van der Waals surface area contributed by atoms with Crippen molar-refractivity contribution in [2.45, 2.75) is 49.8 Å². The number of aliphatic imine (C=N–C) groups is 1. The quantitative estimate of drug-likeness (QED) is 0.500. The summed E-state index contributed by atoms with van der Waals surface area (Å²) in [6.07, 6.45) is 3.15. The molecular formula is C16H29F3N4O2S2. The van der Waals surface area contributed by atoms with E-state index in [0.29, 0.717) is 29.7 Å². The summed E-state index contributed by atoms with van der Waals surface area (Å²) in [4.78, 5) is 4.66. The van der Waals surface area contributed by atoms with E-state index >= 15 is 0 Å². The van der Waals surface area contributed by atoms with E-state index in [1.54, 1.807) is 0 Å². The topological polar surface area (TPSA) is 73.8 Å². The smallest absolute Gasteiger partial charge is 0.357 e. The summed E-state index contributed by atoms with van der Waals surface area (Å²) in [5.41, 5.74) is -5.22.